The Hall–Kier alpha value is -0.830. The normalized spacial score (nSPS) is 16.4. The van der Waals surface area contributed by atoms with Crippen LogP contribution in [0.3, 0.4) is 0 Å². The largest absolute Gasteiger partial charge is 0.388 e. The molecular formula is C12H22N2O. The van der Waals surface area contributed by atoms with Gasteiger partial charge in [0.05, 0.1) is 12.3 Å². The van der Waals surface area contributed by atoms with Gasteiger partial charge in [-0.3, -0.25) is 4.68 Å². The number of rotatable bonds is 3. The lowest BCUT2D eigenvalue weighted by Gasteiger charge is -2.28. The molecule has 15 heavy (non-hydrogen) atoms. The quantitative estimate of drug-likeness (QED) is 0.832. The van der Waals surface area contributed by atoms with Gasteiger partial charge in [0.25, 0.3) is 0 Å². The highest BCUT2D eigenvalue weighted by atomic mass is 16.3. The Bertz CT molecular complexity index is 312. The number of aryl methyl sites for hydroxylation is 1. The summed E-state index contributed by atoms with van der Waals surface area (Å²) in [5.74, 6) is 0.479. The molecule has 3 nitrogen and oxygen atoms in total. The Labute approximate surface area is 92.1 Å². The Morgan fingerprint density at radius 2 is 2.07 bits per heavy atom. The van der Waals surface area contributed by atoms with Crippen LogP contribution in [0.1, 0.15) is 45.8 Å². The van der Waals surface area contributed by atoms with E-state index in [4.69, 9.17) is 0 Å². The first-order valence-corrected chi connectivity index (χ1v) is 5.47. The molecule has 3 heteroatoms. The van der Waals surface area contributed by atoms with Crippen molar-refractivity contribution in [3.05, 3.63) is 18.0 Å². The zero-order valence-corrected chi connectivity index (χ0v) is 10.4. The van der Waals surface area contributed by atoms with Gasteiger partial charge in [-0.15, -0.1) is 0 Å². The molecule has 0 radical (unpaired) electrons. The van der Waals surface area contributed by atoms with E-state index in [0.29, 0.717) is 5.92 Å². The first-order chi connectivity index (χ1) is 6.80. The first kappa shape index (κ1) is 12.2. The highest BCUT2D eigenvalue weighted by Gasteiger charge is 2.23. The van der Waals surface area contributed by atoms with Crippen LogP contribution in [0.15, 0.2) is 12.4 Å². The molecule has 1 aromatic rings. The maximum atomic E-state index is 10.0. The van der Waals surface area contributed by atoms with E-state index >= 15 is 0 Å². The molecule has 0 amide bonds. The van der Waals surface area contributed by atoms with Gasteiger partial charge in [0, 0.05) is 18.8 Å². The summed E-state index contributed by atoms with van der Waals surface area (Å²) in [6, 6.07) is 0. The summed E-state index contributed by atoms with van der Waals surface area (Å²) in [5, 5.41) is 14.1. The van der Waals surface area contributed by atoms with E-state index in [2.05, 4.69) is 32.8 Å². The average Bonchev–Trinajstić information content (AvgIpc) is 2.50. The van der Waals surface area contributed by atoms with Crippen LogP contribution in [0.4, 0.5) is 0 Å². The van der Waals surface area contributed by atoms with Crippen molar-refractivity contribution in [1.82, 2.24) is 9.78 Å². The van der Waals surface area contributed by atoms with Crippen LogP contribution in [-0.2, 0) is 7.05 Å². The number of nitrogens with zero attached hydrogens (tertiary/aromatic N) is 2. The molecule has 1 N–H and O–H groups in total. The Balaban J connectivity index is 2.60. The third-order valence-electron chi connectivity index (χ3n) is 3.16. The van der Waals surface area contributed by atoms with E-state index < -0.39 is 6.10 Å². The summed E-state index contributed by atoms with van der Waals surface area (Å²) in [5.41, 5.74) is 1.15. The average molecular weight is 210 g/mol. The molecule has 1 rings (SSSR count). The number of hydrogen-bond donors (Lipinski definition) is 1. The predicted molar refractivity (Wildman–Crippen MR) is 61.4 cm³/mol. The fourth-order valence-electron chi connectivity index (χ4n) is 1.44. The number of hydrogen-bond acceptors (Lipinski definition) is 2. The van der Waals surface area contributed by atoms with Gasteiger partial charge in [-0.1, -0.05) is 27.7 Å². The van der Waals surface area contributed by atoms with Gasteiger partial charge in [-0.2, -0.15) is 5.10 Å². The molecule has 0 aliphatic carbocycles. The lowest BCUT2D eigenvalue weighted by molar-refractivity contribution is 0.111. The minimum absolute atomic E-state index is 0.239. The van der Waals surface area contributed by atoms with Gasteiger partial charge in [-0.05, 0) is 17.8 Å². The fourth-order valence-corrected chi connectivity index (χ4v) is 1.44. The van der Waals surface area contributed by atoms with Crippen LogP contribution < -0.4 is 0 Å². The second-order valence-corrected chi connectivity index (χ2v) is 5.47. The number of aliphatic hydroxyl groups excluding tert-OH is 1. The number of aliphatic hydroxyl groups is 1. The molecule has 0 fully saturated rings. The fraction of sp³-hybridized carbons (Fsp3) is 0.750. The SMILES string of the molecule is CC(CC(O)c1cnn(C)c1)C(C)(C)C. The summed E-state index contributed by atoms with van der Waals surface area (Å²) in [4.78, 5) is 0. The lowest BCUT2D eigenvalue weighted by atomic mass is 9.78. The summed E-state index contributed by atoms with van der Waals surface area (Å²) in [7, 11) is 1.86. The highest BCUT2D eigenvalue weighted by molar-refractivity contribution is 5.07. The van der Waals surface area contributed by atoms with Crippen molar-refractivity contribution < 1.29 is 5.11 Å². The van der Waals surface area contributed by atoms with Gasteiger partial charge < -0.3 is 5.11 Å². The van der Waals surface area contributed by atoms with Crippen molar-refractivity contribution in [3.8, 4) is 0 Å². The molecule has 0 saturated heterocycles. The van der Waals surface area contributed by atoms with E-state index in [1.165, 1.54) is 0 Å². The topological polar surface area (TPSA) is 38.1 Å². The van der Waals surface area contributed by atoms with Gasteiger partial charge >= 0.3 is 0 Å². The van der Waals surface area contributed by atoms with Crippen LogP contribution in [-0.4, -0.2) is 14.9 Å². The summed E-state index contributed by atoms with van der Waals surface area (Å²) >= 11 is 0. The molecule has 2 unspecified atom stereocenters. The van der Waals surface area contributed by atoms with Gasteiger partial charge in [0.2, 0.25) is 0 Å². The van der Waals surface area contributed by atoms with E-state index in [9.17, 15) is 5.11 Å². The Kier molecular flexibility index (Phi) is 3.55. The van der Waals surface area contributed by atoms with Crippen LogP contribution in [0.5, 0.6) is 0 Å². The second kappa shape index (κ2) is 4.35. The molecule has 86 valence electrons. The molecule has 0 aliphatic heterocycles. The summed E-state index contributed by atoms with van der Waals surface area (Å²) in [6.07, 6.45) is 4.00. The third-order valence-corrected chi connectivity index (χ3v) is 3.16. The molecule has 0 saturated carbocycles. The molecule has 1 heterocycles. The Morgan fingerprint density at radius 3 is 2.47 bits per heavy atom. The maximum Gasteiger partial charge on any atom is 0.0823 e. The summed E-state index contributed by atoms with van der Waals surface area (Å²) in [6.45, 7) is 8.79. The minimum atomic E-state index is -0.395. The molecule has 0 aromatic carbocycles. The van der Waals surface area contributed by atoms with Crippen molar-refractivity contribution >= 4 is 0 Å². The zero-order valence-electron chi connectivity index (χ0n) is 10.4. The van der Waals surface area contributed by atoms with Crippen molar-refractivity contribution in [2.24, 2.45) is 18.4 Å². The van der Waals surface area contributed by atoms with Crippen LogP contribution in [0.25, 0.3) is 0 Å². The predicted octanol–water partition coefficient (Wildman–Crippen LogP) is 2.53. The van der Waals surface area contributed by atoms with Crippen molar-refractivity contribution in [3.63, 3.8) is 0 Å². The van der Waals surface area contributed by atoms with E-state index in [1.807, 2.05) is 13.2 Å². The molecule has 2 atom stereocenters. The number of aromatic nitrogens is 2. The third kappa shape index (κ3) is 3.34. The van der Waals surface area contributed by atoms with Crippen molar-refractivity contribution in [1.29, 1.82) is 0 Å². The minimum Gasteiger partial charge on any atom is -0.388 e. The van der Waals surface area contributed by atoms with Crippen LogP contribution in [0, 0.1) is 11.3 Å². The van der Waals surface area contributed by atoms with E-state index in [0.717, 1.165) is 12.0 Å². The lowest BCUT2D eigenvalue weighted by Crippen LogP contribution is -2.19. The molecule has 0 aliphatic rings. The standard InChI is InChI=1S/C12H22N2O/c1-9(12(2,3)4)6-11(15)10-7-13-14(5)8-10/h7-9,11,15H,6H2,1-5H3. The molecular weight excluding hydrogens is 188 g/mol. The molecule has 1 aromatic heterocycles. The van der Waals surface area contributed by atoms with Crippen LogP contribution in [0.2, 0.25) is 0 Å². The van der Waals surface area contributed by atoms with Gasteiger partial charge in [-0.25, -0.2) is 0 Å². The monoisotopic (exact) mass is 210 g/mol. The van der Waals surface area contributed by atoms with E-state index in [-0.39, 0.29) is 5.41 Å². The zero-order chi connectivity index (χ0) is 11.6. The highest BCUT2D eigenvalue weighted by Crippen LogP contribution is 2.32. The second-order valence-electron chi connectivity index (χ2n) is 5.47. The van der Waals surface area contributed by atoms with Crippen LogP contribution >= 0.6 is 0 Å². The van der Waals surface area contributed by atoms with Gasteiger partial charge in [0.15, 0.2) is 0 Å². The van der Waals surface area contributed by atoms with Gasteiger partial charge in [0.1, 0.15) is 0 Å². The Morgan fingerprint density at radius 1 is 1.47 bits per heavy atom. The van der Waals surface area contributed by atoms with Crippen molar-refractivity contribution in [2.45, 2.75) is 40.2 Å². The first-order valence-electron chi connectivity index (χ1n) is 5.47. The van der Waals surface area contributed by atoms with E-state index in [1.54, 1.807) is 10.9 Å². The van der Waals surface area contributed by atoms with Crippen molar-refractivity contribution in [2.75, 3.05) is 0 Å². The maximum absolute atomic E-state index is 10.0. The smallest absolute Gasteiger partial charge is 0.0823 e. The molecule has 0 bridgehead atoms. The molecule has 0 spiro atoms. The summed E-state index contributed by atoms with van der Waals surface area (Å²) < 4.78 is 1.72.